The highest BCUT2D eigenvalue weighted by Crippen LogP contribution is 2.43. The van der Waals surface area contributed by atoms with Gasteiger partial charge in [0, 0.05) is 41.8 Å². The molecule has 26 heavy (non-hydrogen) atoms. The Morgan fingerprint density at radius 1 is 1.15 bits per heavy atom. The van der Waals surface area contributed by atoms with Gasteiger partial charge in [-0.1, -0.05) is 25.5 Å². The third-order valence-electron chi connectivity index (χ3n) is 5.82. The van der Waals surface area contributed by atoms with Crippen molar-refractivity contribution in [3.63, 3.8) is 0 Å². The number of rotatable bonds is 6. The third-order valence-corrected chi connectivity index (χ3v) is 5.82. The van der Waals surface area contributed by atoms with Crippen LogP contribution in [0.2, 0.25) is 0 Å². The Morgan fingerprint density at radius 3 is 2.35 bits per heavy atom. The zero-order valence-electron chi connectivity index (χ0n) is 15.9. The van der Waals surface area contributed by atoms with Crippen molar-refractivity contribution in [2.45, 2.75) is 58.4 Å². The maximum Gasteiger partial charge on any atom is 0.251 e. The quantitative estimate of drug-likeness (QED) is 0.836. The van der Waals surface area contributed by atoms with Gasteiger partial charge in [0.2, 0.25) is 0 Å². The number of primary amides is 1. The van der Waals surface area contributed by atoms with Crippen molar-refractivity contribution in [1.29, 1.82) is 0 Å². The van der Waals surface area contributed by atoms with Crippen molar-refractivity contribution in [2.75, 3.05) is 18.0 Å². The summed E-state index contributed by atoms with van der Waals surface area (Å²) in [6, 6.07) is 9.29. The fraction of sp³-hybridized carbons (Fsp3) is 0.500. The van der Waals surface area contributed by atoms with Gasteiger partial charge in [0.25, 0.3) is 5.91 Å². The van der Waals surface area contributed by atoms with Crippen LogP contribution in [-0.4, -0.2) is 23.6 Å². The topological polar surface area (TPSA) is 51.3 Å². The molecular weight excluding hydrogens is 322 g/mol. The molecular formula is C22H29N3O. The Hall–Kier alpha value is -2.23. The molecule has 1 aromatic carbocycles. The maximum absolute atomic E-state index is 12.3. The monoisotopic (exact) mass is 351 g/mol. The number of hydrogen-bond acceptors (Lipinski definition) is 2. The molecule has 1 aliphatic heterocycles. The normalized spacial score (nSPS) is 17.1. The lowest BCUT2D eigenvalue weighted by Crippen LogP contribution is -2.17. The number of carbonyl (C=O) groups is 1. The Balaban J connectivity index is 1.81. The summed E-state index contributed by atoms with van der Waals surface area (Å²) in [5.41, 5.74) is 12.3. The van der Waals surface area contributed by atoms with Gasteiger partial charge in [-0.05, 0) is 56.7 Å². The van der Waals surface area contributed by atoms with Crippen LogP contribution in [0, 0.1) is 6.92 Å². The summed E-state index contributed by atoms with van der Waals surface area (Å²) in [6.45, 7) is 6.54. The summed E-state index contributed by atoms with van der Waals surface area (Å²) >= 11 is 0. The van der Waals surface area contributed by atoms with Gasteiger partial charge in [0.05, 0.1) is 5.56 Å². The van der Waals surface area contributed by atoms with Crippen LogP contribution in [0.4, 0.5) is 5.69 Å². The Morgan fingerprint density at radius 2 is 1.81 bits per heavy atom. The lowest BCUT2D eigenvalue weighted by atomic mass is 9.97. The predicted molar refractivity (Wildman–Crippen MR) is 107 cm³/mol. The molecule has 4 rings (SSSR count). The van der Waals surface area contributed by atoms with Gasteiger partial charge in [-0.2, -0.15) is 0 Å². The Bertz CT molecular complexity index is 809. The molecule has 4 nitrogen and oxygen atoms in total. The van der Waals surface area contributed by atoms with Crippen molar-refractivity contribution in [1.82, 2.24) is 4.57 Å². The van der Waals surface area contributed by atoms with Gasteiger partial charge in [-0.3, -0.25) is 4.79 Å². The summed E-state index contributed by atoms with van der Waals surface area (Å²) in [7, 11) is 0. The molecule has 0 radical (unpaired) electrons. The van der Waals surface area contributed by atoms with Crippen LogP contribution in [0.3, 0.4) is 0 Å². The average molecular weight is 351 g/mol. The largest absolute Gasteiger partial charge is 0.372 e. The van der Waals surface area contributed by atoms with Crippen LogP contribution in [0.15, 0.2) is 24.3 Å². The number of carbonyl (C=O) groups excluding carboxylic acids is 1. The van der Waals surface area contributed by atoms with E-state index in [1.54, 1.807) is 0 Å². The molecule has 1 aromatic heterocycles. The highest BCUT2D eigenvalue weighted by atomic mass is 16.1. The first-order chi connectivity index (χ1) is 12.6. The number of benzene rings is 1. The molecule has 0 atom stereocenters. The molecule has 1 saturated carbocycles. The summed E-state index contributed by atoms with van der Waals surface area (Å²) in [5, 5.41) is 0. The molecule has 2 aliphatic rings. The SMILES string of the molecule is CCCc1c(-c2ccc(N3CCCC3)cc2)c(C(N)=O)c(C)n1C1CC1. The predicted octanol–water partition coefficient (Wildman–Crippen LogP) is 4.45. The number of amides is 1. The van der Waals surface area contributed by atoms with Crippen LogP contribution in [0.5, 0.6) is 0 Å². The molecule has 2 aromatic rings. The van der Waals surface area contributed by atoms with Crippen molar-refractivity contribution in [3.05, 3.63) is 41.2 Å². The fourth-order valence-electron chi connectivity index (χ4n) is 4.50. The van der Waals surface area contributed by atoms with E-state index in [2.05, 4.69) is 47.6 Å². The van der Waals surface area contributed by atoms with Crippen LogP contribution in [0.25, 0.3) is 11.1 Å². The first kappa shape index (κ1) is 17.2. The number of nitrogens with two attached hydrogens (primary N) is 1. The molecule has 0 unspecified atom stereocenters. The van der Waals surface area contributed by atoms with Gasteiger partial charge in [0.15, 0.2) is 0 Å². The molecule has 1 saturated heterocycles. The second kappa shape index (κ2) is 6.82. The number of nitrogens with zero attached hydrogens (tertiary/aromatic N) is 2. The van der Waals surface area contributed by atoms with Crippen LogP contribution in [-0.2, 0) is 6.42 Å². The highest BCUT2D eigenvalue weighted by molar-refractivity contribution is 6.02. The second-order valence-corrected chi connectivity index (χ2v) is 7.74. The average Bonchev–Trinajstić information content (AvgIpc) is 3.21. The van der Waals surface area contributed by atoms with E-state index in [-0.39, 0.29) is 5.91 Å². The lowest BCUT2D eigenvalue weighted by Gasteiger charge is -2.18. The summed E-state index contributed by atoms with van der Waals surface area (Å²) in [5.74, 6) is -0.308. The second-order valence-electron chi connectivity index (χ2n) is 7.74. The summed E-state index contributed by atoms with van der Waals surface area (Å²) in [4.78, 5) is 14.7. The van der Waals surface area contributed by atoms with Gasteiger partial charge < -0.3 is 15.2 Å². The zero-order chi connectivity index (χ0) is 18.3. The van der Waals surface area contributed by atoms with E-state index in [1.165, 1.54) is 37.1 Å². The van der Waals surface area contributed by atoms with Crippen LogP contribution >= 0.6 is 0 Å². The summed E-state index contributed by atoms with van der Waals surface area (Å²) in [6.07, 6.45) is 7.01. The van der Waals surface area contributed by atoms with E-state index in [0.29, 0.717) is 11.6 Å². The van der Waals surface area contributed by atoms with Crippen LogP contribution in [0.1, 0.15) is 66.8 Å². The summed E-state index contributed by atoms with van der Waals surface area (Å²) < 4.78 is 2.40. The first-order valence-corrected chi connectivity index (χ1v) is 10.0. The molecule has 2 fully saturated rings. The lowest BCUT2D eigenvalue weighted by molar-refractivity contribution is 0.1000. The van der Waals surface area contributed by atoms with Crippen molar-refractivity contribution >= 4 is 11.6 Å². The number of aromatic nitrogens is 1. The molecule has 4 heteroatoms. The van der Waals surface area contributed by atoms with Crippen molar-refractivity contribution < 1.29 is 4.79 Å². The van der Waals surface area contributed by atoms with Crippen molar-refractivity contribution in [3.8, 4) is 11.1 Å². The van der Waals surface area contributed by atoms with Gasteiger partial charge in [-0.15, -0.1) is 0 Å². The molecule has 138 valence electrons. The number of hydrogen-bond donors (Lipinski definition) is 1. The Labute approximate surface area is 156 Å². The smallest absolute Gasteiger partial charge is 0.251 e. The third kappa shape index (κ3) is 2.91. The van der Waals surface area contributed by atoms with Gasteiger partial charge >= 0.3 is 0 Å². The maximum atomic E-state index is 12.3. The minimum Gasteiger partial charge on any atom is -0.372 e. The van der Waals surface area contributed by atoms with E-state index >= 15 is 0 Å². The van der Waals surface area contributed by atoms with E-state index in [9.17, 15) is 4.79 Å². The van der Waals surface area contributed by atoms with E-state index < -0.39 is 0 Å². The molecule has 0 bridgehead atoms. The van der Waals surface area contributed by atoms with Crippen molar-refractivity contribution in [2.24, 2.45) is 5.73 Å². The van der Waals surface area contributed by atoms with E-state index in [0.717, 1.165) is 42.8 Å². The van der Waals surface area contributed by atoms with Gasteiger partial charge in [-0.25, -0.2) is 0 Å². The number of anilines is 1. The molecule has 2 N–H and O–H groups in total. The molecule has 1 aliphatic carbocycles. The van der Waals surface area contributed by atoms with Crippen LogP contribution < -0.4 is 10.6 Å². The molecule has 2 heterocycles. The molecule has 0 spiro atoms. The fourth-order valence-corrected chi connectivity index (χ4v) is 4.50. The van der Waals surface area contributed by atoms with E-state index in [1.807, 2.05) is 0 Å². The molecule has 1 amide bonds. The zero-order valence-corrected chi connectivity index (χ0v) is 15.9. The minimum absolute atomic E-state index is 0.308. The first-order valence-electron chi connectivity index (χ1n) is 10.0. The standard InChI is InChI=1S/C22H29N3O/c1-3-6-19-21(20(22(23)26)15(2)25(19)18-11-12-18)16-7-9-17(10-8-16)24-13-4-5-14-24/h7-10,18H,3-6,11-14H2,1-2H3,(H2,23,26). The Kier molecular flexibility index (Phi) is 4.51. The highest BCUT2D eigenvalue weighted by Gasteiger charge is 2.32. The minimum atomic E-state index is -0.308. The van der Waals surface area contributed by atoms with Gasteiger partial charge in [0.1, 0.15) is 0 Å². The van der Waals surface area contributed by atoms with E-state index in [4.69, 9.17) is 5.73 Å².